The minimum atomic E-state index is -3.98. The van der Waals surface area contributed by atoms with Crippen LogP contribution < -0.4 is 4.31 Å². The van der Waals surface area contributed by atoms with E-state index in [1.54, 1.807) is 6.07 Å². The molecule has 1 N–H and O–H groups in total. The average molecular weight is 332 g/mol. The largest absolute Gasteiger partial charge is 0.388 e. The second-order valence-corrected chi connectivity index (χ2v) is 7.02. The molecule has 0 bridgehead atoms. The lowest BCUT2D eigenvalue weighted by atomic mass is 10.0. The Bertz CT molecular complexity index is 906. The van der Waals surface area contributed by atoms with Crippen molar-refractivity contribution in [2.75, 3.05) is 10.8 Å². The molecule has 0 radical (unpaired) electrons. The fourth-order valence-electron chi connectivity index (χ4n) is 2.69. The molecule has 1 heterocycles. The molecule has 0 saturated carbocycles. The van der Waals surface area contributed by atoms with Crippen molar-refractivity contribution < 1.29 is 17.9 Å². The van der Waals surface area contributed by atoms with E-state index in [4.69, 9.17) is 5.26 Å². The summed E-state index contributed by atoms with van der Waals surface area (Å²) in [5, 5.41) is 19.1. The molecule has 7 heteroatoms. The summed E-state index contributed by atoms with van der Waals surface area (Å²) >= 11 is 0. The molecule has 118 valence electrons. The van der Waals surface area contributed by atoms with Crippen molar-refractivity contribution in [1.82, 2.24) is 0 Å². The Morgan fingerprint density at radius 3 is 2.74 bits per heavy atom. The van der Waals surface area contributed by atoms with E-state index >= 15 is 0 Å². The van der Waals surface area contributed by atoms with Crippen LogP contribution in [-0.4, -0.2) is 20.1 Å². The summed E-state index contributed by atoms with van der Waals surface area (Å²) in [5.74, 6) is -0.542. The number of benzene rings is 2. The summed E-state index contributed by atoms with van der Waals surface area (Å²) < 4.78 is 40.4. The molecule has 1 aliphatic heterocycles. The van der Waals surface area contributed by atoms with Gasteiger partial charge in [0.1, 0.15) is 16.8 Å². The van der Waals surface area contributed by atoms with Gasteiger partial charge in [0, 0.05) is 12.1 Å². The van der Waals surface area contributed by atoms with Gasteiger partial charge in [-0.2, -0.15) is 5.26 Å². The number of anilines is 1. The monoisotopic (exact) mass is 332 g/mol. The van der Waals surface area contributed by atoms with Crippen LogP contribution in [0.2, 0.25) is 0 Å². The first kappa shape index (κ1) is 15.5. The lowest BCUT2D eigenvalue weighted by Crippen LogP contribution is -2.37. The Morgan fingerprint density at radius 1 is 1.26 bits per heavy atom. The van der Waals surface area contributed by atoms with E-state index in [1.807, 2.05) is 6.07 Å². The number of sulfonamides is 1. The molecule has 0 spiro atoms. The Labute approximate surface area is 133 Å². The number of fused-ring (bicyclic) bond motifs is 1. The lowest BCUT2D eigenvalue weighted by Gasteiger charge is -2.33. The molecule has 0 saturated heterocycles. The second-order valence-electron chi connectivity index (χ2n) is 5.19. The van der Waals surface area contributed by atoms with Crippen molar-refractivity contribution in [2.24, 2.45) is 0 Å². The number of hydrogen-bond donors (Lipinski definition) is 1. The average Bonchev–Trinajstić information content (AvgIpc) is 2.55. The molecular weight excluding hydrogens is 319 g/mol. The zero-order valence-corrected chi connectivity index (χ0v) is 12.8. The van der Waals surface area contributed by atoms with E-state index in [9.17, 15) is 17.9 Å². The first-order valence-electron chi connectivity index (χ1n) is 6.94. The molecule has 1 atom stereocenters. The number of aliphatic hydroxyl groups is 1. The van der Waals surface area contributed by atoms with E-state index in [0.717, 1.165) is 16.4 Å². The lowest BCUT2D eigenvalue weighted by molar-refractivity contribution is 0.166. The van der Waals surface area contributed by atoms with Crippen LogP contribution in [0.5, 0.6) is 0 Å². The van der Waals surface area contributed by atoms with E-state index in [1.165, 1.54) is 24.3 Å². The van der Waals surface area contributed by atoms with Gasteiger partial charge in [-0.25, -0.2) is 12.8 Å². The minimum absolute atomic E-state index is 0.0438. The van der Waals surface area contributed by atoms with Crippen molar-refractivity contribution in [1.29, 1.82) is 5.26 Å². The van der Waals surface area contributed by atoms with Gasteiger partial charge in [0.2, 0.25) is 0 Å². The van der Waals surface area contributed by atoms with Crippen LogP contribution in [0.1, 0.15) is 23.7 Å². The molecule has 5 nitrogen and oxygen atoms in total. The van der Waals surface area contributed by atoms with Gasteiger partial charge < -0.3 is 5.11 Å². The van der Waals surface area contributed by atoms with Crippen LogP contribution >= 0.6 is 0 Å². The normalized spacial score (nSPS) is 17.4. The number of aliphatic hydroxyl groups excluding tert-OH is 1. The quantitative estimate of drug-likeness (QED) is 0.915. The molecule has 1 unspecified atom stereocenters. The van der Waals surface area contributed by atoms with Gasteiger partial charge >= 0.3 is 0 Å². The highest BCUT2D eigenvalue weighted by Gasteiger charge is 2.33. The molecule has 0 aromatic heterocycles. The Kier molecular flexibility index (Phi) is 3.80. The third-order valence-electron chi connectivity index (χ3n) is 3.80. The molecule has 3 rings (SSSR count). The molecule has 23 heavy (non-hydrogen) atoms. The van der Waals surface area contributed by atoms with Crippen LogP contribution in [0.15, 0.2) is 47.4 Å². The van der Waals surface area contributed by atoms with Crippen molar-refractivity contribution in [3.63, 3.8) is 0 Å². The number of nitriles is 1. The van der Waals surface area contributed by atoms with Gasteiger partial charge in [0.15, 0.2) is 0 Å². The summed E-state index contributed by atoms with van der Waals surface area (Å²) in [6.45, 7) is 0.0574. The van der Waals surface area contributed by atoms with Gasteiger partial charge in [0.05, 0.1) is 17.4 Å². The van der Waals surface area contributed by atoms with Gasteiger partial charge in [-0.1, -0.05) is 12.1 Å². The maximum absolute atomic E-state index is 13.4. The number of nitrogens with zero attached hydrogens (tertiary/aromatic N) is 2. The Balaban J connectivity index is 2.16. The smallest absolute Gasteiger partial charge is 0.265 e. The molecule has 2 aromatic rings. The van der Waals surface area contributed by atoms with Crippen LogP contribution in [0.25, 0.3) is 0 Å². The van der Waals surface area contributed by atoms with Crippen molar-refractivity contribution in [3.8, 4) is 6.07 Å². The summed E-state index contributed by atoms with van der Waals surface area (Å²) in [5.41, 5.74) is 0.509. The highest BCUT2D eigenvalue weighted by Crippen LogP contribution is 2.37. The standard InChI is InChI=1S/C16H13FN2O3S/c17-12-5-6-14-13(9-12)15(20)7-8-19(14)23(21,22)16-4-2-1-3-11(16)10-18/h1-6,9,15,20H,7-8H2. The predicted molar refractivity (Wildman–Crippen MR) is 81.7 cm³/mol. The zero-order chi connectivity index (χ0) is 16.6. The molecule has 1 aliphatic rings. The number of halogens is 1. The van der Waals surface area contributed by atoms with Crippen LogP contribution in [0.3, 0.4) is 0 Å². The summed E-state index contributed by atoms with van der Waals surface area (Å²) in [6, 6.07) is 11.4. The third-order valence-corrected chi connectivity index (χ3v) is 5.67. The van der Waals surface area contributed by atoms with E-state index < -0.39 is 21.9 Å². The predicted octanol–water partition coefficient (Wildman–Crippen LogP) is 2.33. The first-order chi connectivity index (χ1) is 10.9. The topological polar surface area (TPSA) is 81.4 Å². The van der Waals surface area contributed by atoms with Crippen LogP contribution in [0.4, 0.5) is 10.1 Å². The van der Waals surface area contributed by atoms with E-state index in [-0.39, 0.29) is 34.7 Å². The summed E-state index contributed by atoms with van der Waals surface area (Å²) in [4.78, 5) is -0.103. The Hall–Kier alpha value is -2.43. The molecule has 0 fully saturated rings. The fourth-order valence-corrected chi connectivity index (χ4v) is 4.34. The minimum Gasteiger partial charge on any atom is -0.388 e. The molecular formula is C16H13FN2O3S. The second kappa shape index (κ2) is 5.65. The maximum atomic E-state index is 13.4. The van der Waals surface area contributed by atoms with Gasteiger partial charge in [-0.3, -0.25) is 4.31 Å². The highest BCUT2D eigenvalue weighted by molar-refractivity contribution is 7.92. The molecule has 0 aliphatic carbocycles. The highest BCUT2D eigenvalue weighted by atomic mass is 32.2. The van der Waals surface area contributed by atoms with E-state index in [0.29, 0.717) is 0 Å². The number of rotatable bonds is 2. The third kappa shape index (κ3) is 2.56. The maximum Gasteiger partial charge on any atom is 0.265 e. The Morgan fingerprint density at radius 2 is 2.00 bits per heavy atom. The summed E-state index contributed by atoms with van der Waals surface area (Å²) in [6.07, 6.45) is -0.761. The molecule has 2 aromatic carbocycles. The van der Waals surface area contributed by atoms with E-state index in [2.05, 4.69) is 0 Å². The zero-order valence-electron chi connectivity index (χ0n) is 12.0. The van der Waals surface area contributed by atoms with Crippen LogP contribution in [0, 0.1) is 17.1 Å². The van der Waals surface area contributed by atoms with Crippen molar-refractivity contribution in [2.45, 2.75) is 17.4 Å². The fraction of sp³-hybridized carbons (Fsp3) is 0.188. The van der Waals surface area contributed by atoms with Crippen molar-refractivity contribution in [3.05, 3.63) is 59.4 Å². The first-order valence-corrected chi connectivity index (χ1v) is 8.38. The summed E-state index contributed by atoms with van der Waals surface area (Å²) in [7, 11) is -3.98. The molecule has 0 amide bonds. The van der Waals surface area contributed by atoms with Gasteiger partial charge in [0.25, 0.3) is 10.0 Å². The number of hydrogen-bond acceptors (Lipinski definition) is 4. The van der Waals surface area contributed by atoms with Gasteiger partial charge in [-0.15, -0.1) is 0 Å². The van der Waals surface area contributed by atoms with Gasteiger partial charge in [-0.05, 0) is 36.8 Å². The van der Waals surface area contributed by atoms with Crippen LogP contribution in [-0.2, 0) is 10.0 Å². The van der Waals surface area contributed by atoms with Crippen molar-refractivity contribution >= 4 is 15.7 Å². The SMILES string of the molecule is N#Cc1ccccc1S(=O)(=O)N1CCC(O)c2cc(F)ccc21.